The van der Waals surface area contributed by atoms with Gasteiger partial charge in [-0.15, -0.1) is 0 Å². The van der Waals surface area contributed by atoms with Crippen molar-refractivity contribution in [2.24, 2.45) is 0 Å². The molecule has 0 aliphatic heterocycles. The van der Waals surface area contributed by atoms with E-state index in [-0.39, 0.29) is 30.5 Å². The van der Waals surface area contributed by atoms with Crippen LogP contribution in [0.2, 0.25) is 0 Å². The SMILES string of the molecule is COCCOC(=O)CCC(=O)NC(=S)Nc1ccc(OCCCc2ccccc2)cc1. The van der Waals surface area contributed by atoms with Crippen LogP contribution in [0.1, 0.15) is 24.8 Å². The van der Waals surface area contributed by atoms with Crippen molar-refractivity contribution < 1.29 is 23.8 Å². The normalized spacial score (nSPS) is 10.2. The number of thiocarbonyl (C=S) groups is 1. The number of amides is 1. The summed E-state index contributed by atoms with van der Waals surface area (Å²) in [7, 11) is 1.52. The Hall–Kier alpha value is -2.97. The van der Waals surface area contributed by atoms with Crippen molar-refractivity contribution >= 4 is 34.9 Å². The van der Waals surface area contributed by atoms with Gasteiger partial charge in [-0.05, 0) is 54.9 Å². The Labute approximate surface area is 188 Å². The van der Waals surface area contributed by atoms with Gasteiger partial charge in [0.25, 0.3) is 0 Å². The van der Waals surface area contributed by atoms with Crippen LogP contribution in [0.5, 0.6) is 5.75 Å². The third kappa shape index (κ3) is 10.6. The standard InChI is InChI=1S/C23H28N2O5S/c1-28-16-17-30-22(27)14-13-21(26)25-23(31)24-19-9-11-20(12-10-19)29-15-5-8-18-6-3-2-4-7-18/h2-4,6-7,9-12H,5,8,13-17H2,1H3,(H2,24,25,26,31). The fourth-order valence-electron chi connectivity index (χ4n) is 2.62. The first-order chi connectivity index (χ1) is 15.1. The smallest absolute Gasteiger partial charge is 0.306 e. The van der Waals surface area contributed by atoms with E-state index < -0.39 is 5.97 Å². The van der Waals surface area contributed by atoms with Crippen molar-refractivity contribution in [3.63, 3.8) is 0 Å². The maximum absolute atomic E-state index is 11.9. The van der Waals surface area contributed by atoms with Crippen LogP contribution < -0.4 is 15.4 Å². The largest absolute Gasteiger partial charge is 0.494 e. The second kappa shape index (κ2) is 14.1. The van der Waals surface area contributed by atoms with Gasteiger partial charge in [-0.1, -0.05) is 30.3 Å². The van der Waals surface area contributed by atoms with E-state index in [2.05, 4.69) is 22.8 Å². The lowest BCUT2D eigenvalue weighted by molar-refractivity contribution is -0.146. The lowest BCUT2D eigenvalue weighted by atomic mass is 10.1. The van der Waals surface area contributed by atoms with E-state index in [1.807, 2.05) is 42.5 Å². The second-order valence-corrected chi connectivity index (χ2v) is 7.09. The number of anilines is 1. The molecule has 7 nitrogen and oxygen atoms in total. The van der Waals surface area contributed by atoms with Crippen molar-refractivity contribution in [3.8, 4) is 5.75 Å². The van der Waals surface area contributed by atoms with E-state index >= 15 is 0 Å². The molecule has 0 aromatic heterocycles. The number of rotatable bonds is 12. The summed E-state index contributed by atoms with van der Waals surface area (Å²) in [6, 6.07) is 17.6. The topological polar surface area (TPSA) is 85.9 Å². The van der Waals surface area contributed by atoms with Crippen molar-refractivity contribution in [1.82, 2.24) is 5.32 Å². The molecule has 0 aliphatic carbocycles. The molecule has 0 bridgehead atoms. The van der Waals surface area contributed by atoms with Crippen molar-refractivity contribution in [1.29, 1.82) is 0 Å². The quantitative estimate of drug-likeness (QED) is 0.294. The minimum atomic E-state index is -0.453. The summed E-state index contributed by atoms with van der Waals surface area (Å²) in [6.45, 7) is 1.12. The molecule has 31 heavy (non-hydrogen) atoms. The molecule has 2 N–H and O–H groups in total. The Morgan fingerprint density at radius 1 is 0.935 bits per heavy atom. The number of aryl methyl sites for hydroxylation is 1. The summed E-state index contributed by atoms with van der Waals surface area (Å²) in [6.07, 6.45) is 1.87. The summed E-state index contributed by atoms with van der Waals surface area (Å²) in [5, 5.41) is 5.63. The predicted molar refractivity (Wildman–Crippen MR) is 123 cm³/mol. The first-order valence-electron chi connectivity index (χ1n) is 10.1. The Morgan fingerprint density at radius 2 is 1.68 bits per heavy atom. The predicted octanol–water partition coefficient (Wildman–Crippen LogP) is 3.48. The lowest BCUT2D eigenvalue weighted by Crippen LogP contribution is -2.34. The molecule has 0 aliphatic rings. The molecule has 0 saturated heterocycles. The van der Waals surface area contributed by atoms with Crippen LogP contribution in [-0.4, -0.2) is 43.9 Å². The van der Waals surface area contributed by atoms with Gasteiger partial charge in [0.15, 0.2) is 5.11 Å². The maximum atomic E-state index is 11.9. The maximum Gasteiger partial charge on any atom is 0.306 e. The molecule has 0 heterocycles. The number of carbonyl (C=O) groups is 2. The first kappa shape index (κ1) is 24.3. The Balaban J connectivity index is 1.63. The summed E-state index contributed by atoms with van der Waals surface area (Å²) in [4.78, 5) is 23.4. The van der Waals surface area contributed by atoms with Gasteiger partial charge < -0.3 is 24.8 Å². The summed E-state index contributed by atoms with van der Waals surface area (Å²) < 4.78 is 15.4. The fraction of sp³-hybridized carbons (Fsp3) is 0.348. The van der Waals surface area contributed by atoms with Crippen LogP contribution in [0, 0.1) is 0 Å². The highest BCUT2D eigenvalue weighted by Gasteiger charge is 2.09. The first-order valence-corrected chi connectivity index (χ1v) is 10.5. The van der Waals surface area contributed by atoms with Gasteiger partial charge >= 0.3 is 5.97 Å². The minimum Gasteiger partial charge on any atom is -0.494 e. The van der Waals surface area contributed by atoms with Crippen LogP contribution in [0.25, 0.3) is 0 Å². The minimum absolute atomic E-state index is 0.0105. The average molecular weight is 445 g/mol. The van der Waals surface area contributed by atoms with Gasteiger partial charge in [0.2, 0.25) is 5.91 Å². The number of esters is 1. The van der Waals surface area contributed by atoms with E-state index in [0.29, 0.717) is 13.2 Å². The molecule has 0 radical (unpaired) electrons. The molecule has 1 amide bonds. The fourth-order valence-corrected chi connectivity index (χ4v) is 2.86. The zero-order valence-corrected chi connectivity index (χ0v) is 18.4. The molecule has 0 atom stereocenters. The van der Waals surface area contributed by atoms with Crippen LogP contribution in [-0.2, 0) is 25.5 Å². The molecule has 0 saturated carbocycles. The van der Waals surface area contributed by atoms with Gasteiger partial charge in [-0.2, -0.15) is 0 Å². The highest BCUT2D eigenvalue weighted by molar-refractivity contribution is 7.80. The highest BCUT2D eigenvalue weighted by Crippen LogP contribution is 2.16. The number of ether oxygens (including phenoxy) is 3. The third-order valence-corrected chi connectivity index (χ3v) is 4.40. The van der Waals surface area contributed by atoms with Gasteiger partial charge in [0, 0.05) is 19.2 Å². The molecule has 0 fully saturated rings. The number of nitrogens with one attached hydrogen (secondary N) is 2. The van der Waals surface area contributed by atoms with Gasteiger partial charge in [0.1, 0.15) is 12.4 Å². The van der Waals surface area contributed by atoms with E-state index in [4.69, 9.17) is 26.4 Å². The number of hydrogen-bond acceptors (Lipinski definition) is 6. The van der Waals surface area contributed by atoms with Crippen LogP contribution in [0.3, 0.4) is 0 Å². The van der Waals surface area contributed by atoms with Crippen LogP contribution in [0.4, 0.5) is 5.69 Å². The summed E-state index contributed by atoms with van der Waals surface area (Å²) in [5.41, 5.74) is 2.02. The molecule has 0 unspecified atom stereocenters. The third-order valence-electron chi connectivity index (χ3n) is 4.19. The number of benzene rings is 2. The van der Waals surface area contributed by atoms with Gasteiger partial charge in [-0.3, -0.25) is 9.59 Å². The summed E-state index contributed by atoms with van der Waals surface area (Å²) in [5.74, 6) is -0.0504. The monoisotopic (exact) mass is 444 g/mol. The lowest BCUT2D eigenvalue weighted by Gasteiger charge is -2.11. The molecule has 2 rings (SSSR count). The average Bonchev–Trinajstić information content (AvgIpc) is 2.77. The summed E-state index contributed by atoms with van der Waals surface area (Å²) >= 11 is 5.14. The number of methoxy groups -OCH3 is 1. The number of carbonyl (C=O) groups excluding carboxylic acids is 2. The van der Waals surface area contributed by atoms with E-state index in [9.17, 15) is 9.59 Å². The van der Waals surface area contributed by atoms with E-state index in [1.54, 1.807) is 0 Å². The molecule has 2 aromatic carbocycles. The van der Waals surface area contributed by atoms with Gasteiger partial charge in [0.05, 0.1) is 19.6 Å². The number of hydrogen-bond donors (Lipinski definition) is 2. The Morgan fingerprint density at radius 3 is 2.39 bits per heavy atom. The second-order valence-electron chi connectivity index (χ2n) is 6.68. The van der Waals surface area contributed by atoms with Gasteiger partial charge in [-0.25, -0.2) is 0 Å². The van der Waals surface area contributed by atoms with E-state index in [1.165, 1.54) is 12.7 Å². The molecule has 2 aromatic rings. The van der Waals surface area contributed by atoms with E-state index in [0.717, 1.165) is 24.3 Å². The highest BCUT2D eigenvalue weighted by atomic mass is 32.1. The van der Waals surface area contributed by atoms with Crippen molar-refractivity contribution in [2.45, 2.75) is 25.7 Å². The van der Waals surface area contributed by atoms with Crippen LogP contribution in [0.15, 0.2) is 54.6 Å². The van der Waals surface area contributed by atoms with Crippen LogP contribution >= 0.6 is 12.2 Å². The van der Waals surface area contributed by atoms with Crippen molar-refractivity contribution in [2.75, 3.05) is 32.2 Å². The molecular weight excluding hydrogens is 416 g/mol. The molecular formula is C23H28N2O5S. The molecule has 0 spiro atoms. The zero-order valence-electron chi connectivity index (χ0n) is 17.6. The Kier molecular flexibility index (Phi) is 11.1. The molecule has 166 valence electrons. The zero-order chi connectivity index (χ0) is 22.3. The molecule has 8 heteroatoms. The Bertz CT molecular complexity index is 828. The van der Waals surface area contributed by atoms with Crippen molar-refractivity contribution in [3.05, 3.63) is 60.2 Å².